The molecule has 0 aromatic carbocycles. The molecule has 3 unspecified atom stereocenters. The van der Waals surface area contributed by atoms with Crippen LogP contribution in [0.1, 0.15) is 27.2 Å². The predicted octanol–water partition coefficient (Wildman–Crippen LogP) is 1.19. The SMILES string of the molecule is CCC(C)N1CC(C)N2CCOCC2C1. The smallest absolute Gasteiger partial charge is 0.0635 e. The van der Waals surface area contributed by atoms with Crippen LogP contribution in [0.5, 0.6) is 0 Å². The Kier molecular flexibility index (Phi) is 3.65. The number of morpholine rings is 1. The Bertz CT molecular complexity index is 210. The lowest BCUT2D eigenvalue weighted by atomic mass is 10.0. The lowest BCUT2D eigenvalue weighted by Crippen LogP contribution is -2.63. The summed E-state index contributed by atoms with van der Waals surface area (Å²) >= 11 is 0. The third-order valence-electron chi connectivity index (χ3n) is 4.00. The molecule has 2 saturated heterocycles. The number of nitrogens with zero attached hydrogens (tertiary/aromatic N) is 2. The molecular formula is C12H24N2O. The van der Waals surface area contributed by atoms with Crippen molar-refractivity contribution < 1.29 is 4.74 Å². The summed E-state index contributed by atoms with van der Waals surface area (Å²) in [4.78, 5) is 5.25. The van der Waals surface area contributed by atoms with Crippen LogP contribution in [0, 0.1) is 0 Å². The summed E-state index contributed by atoms with van der Waals surface area (Å²) in [5, 5.41) is 0. The van der Waals surface area contributed by atoms with Gasteiger partial charge < -0.3 is 4.74 Å². The molecule has 2 fully saturated rings. The van der Waals surface area contributed by atoms with Crippen LogP contribution >= 0.6 is 0 Å². The first-order valence-electron chi connectivity index (χ1n) is 6.30. The molecule has 2 heterocycles. The second-order valence-corrected chi connectivity index (χ2v) is 5.03. The van der Waals surface area contributed by atoms with E-state index >= 15 is 0 Å². The Labute approximate surface area is 93.4 Å². The van der Waals surface area contributed by atoms with E-state index in [1.807, 2.05) is 0 Å². The van der Waals surface area contributed by atoms with Gasteiger partial charge in [0.15, 0.2) is 0 Å². The van der Waals surface area contributed by atoms with Gasteiger partial charge in [-0.25, -0.2) is 0 Å². The van der Waals surface area contributed by atoms with Gasteiger partial charge in [-0.15, -0.1) is 0 Å². The van der Waals surface area contributed by atoms with Gasteiger partial charge >= 0.3 is 0 Å². The van der Waals surface area contributed by atoms with Crippen molar-refractivity contribution >= 4 is 0 Å². The van der Waals surface area contributed by atoms with Crippen LogP contribution in [0.2, 0.25) is 0 Å². The van der Waals surface area contributed by atoms with Crippen LogP contribution in [-0.2, 0) is 4.74 Å². The third-order valence-corrected chi connectivity index (χ3v) is 4.00. The highest BCUT2D eigenvalue weighted by atomic mass is 16.5. The molecular weight excluding hydrogens is 188 g/mol. The van der Waals surface area contributed by atoms with Crippen LogP contribution in [0.3, 0.4) is 0 Å². The van der Waals surface area contributed by atoms with Crippen LogP contribution in [0.25, 0.3) is 0 Å². The topological polar surface area (TPSA) is 15.7 Å². The second-order valence-electron chi connectivity index (χ2n) is 5.03. The first kappa shape index (κ1) is 11.4. The maximum Gasteiger partial charge on any atom is 0.0635 e. The van der Waals surface area contributed by atoms with Crippen molar-refractivity contribution in [2.75, 3.05) is 32.8 Å². The molecule has 2 aliphatic rings. The van der Waals surface area contributed by atoms with Gasteiger partial charge in [-0.3, -0.25) is 9.80 Å². The zero-order chi connectivity index (χ0) is 10.8. The zero-order valence-electron chi connectivity index (χ0n) is 10.3. The summed E-state index contributed by atoms with van der Waals surface area (Å²) in [6.45, 7) is 12.4. The van der Waals surface area contributed by atoms with E-state index in [0.29, 0.717) is 12.1 Å². The highest BCUT2D eigenvalue weighted by Gasteiger charge is 2.35. The number of hydrogen-bond acceptors (Lipinski definition) is 3. The van der Waals surface area contributed by atoms with E-state index in [-0.39, 0.29) is 0 Å². The Balaban J connectivity index is 1.98. The summed E-state index contributed by atoms with van der Waals surface area (Å²) in [7, 11) is 0. The highest BCUT2D eigenvalue weighted by molar-refractivity contribution is 4.90. The molecule has 3 nitrogen and oxygen atoms in total. The molecule has 0 aromatic rings. The van der Waals surface area contributed by atoms with Crippen molar-refractivity contribution in [2.45, 2.75) is 45.3 Å². The van der Waals surface area contributed by atoms with E-state index in [4.69, 9.17) is 4.74 Å². The number of fused-ring (bicyclic) bond motifs is 1. The minimum atomic E-state index is 0.636. The summed E-state index contributed by atoms with van der Waals surface area (Å²) in [6, 6.07) is 2.05. The van der Waals surface area contributed by atoms with Crippen molar-refractivity contribution in [3.05, 3.63) is 0 Å². The van der Waals surface area contributed by atoms with E-state index in [0.717, 1.165) is 25.8 Å². The molecule has 0 radical (unpaired) electrons. The molecule has 0 N–H and O–H groups in total. The minimum absolute atomic E-state index is 0.636. The number of hydrogen-bond donors (Lipinski definition) is 0. The predicted molar refractivity (Wildman–Crippen MR) is 62.1 cm³/mol. The van der Waals surface area contributed by atoms with Gasteiger partial charge in [0.25, 0.3) is 0 Å². The van der Waals surface area contributed by atoms with E-state index in [9.17, 15) is 0 Å². The van der Waals surface area contributed by atoms with Gasteiger partial charge in [-0.05, 0) is 20.3 Å². The quantitative estimate of drug-likeness (QED) is 0.684. The molecule has 15 heavy (non-hydrogen) atoms. The van der Waals surface area contributed by atoms with Crippen LogP contribution in [0.4, 0.5) is 0 Å². The Morgan fingerprint density at radius 2 is 2.20 bits per heavy atom. The van der Waals surface area contributed by atoms with Crippen LogP contribution in [-0.4, -0.2) is 60.8 Å². The fourth-order valence-electron chi connectivity index (χ4n) is 2.81. The van der Waals surface area contributed by atoms with Crippen molar-refractivity contribution in [1.82, 2.24) is 9.80 Å². The molecule has 3 heteroatoms. The standard InChI is InChI=1S/C12H24N2O/c1-4-10(2)13-7-11(3)14-5-6-15-9-12(14)8-13/h10-12H,4-9H2,1-3H3. The zero-order valence-corrected chi connectivity index (χ0v) is 10.3. The maximum absolute atomic E-state index is 5.58. The minimum Gasteiger partial charge on any atom is -0.378 e. The fraction of sp³-hybridized carbons (Fsp3) is 1.00. The van der Waals surface area contributed by atoms with Gasteiger partial charge in [-0.1, -0.05) is 6.92 Å². The molecule has 0 aromatic heterocycles. The lowest BCUT2D eigenvalue weighted by Gasteiger charge is -2.49. The first-order valence-corrected chi connectivity index (χ1v) is 6.30. The Hall–Kier alpha value is -0.120. The average Bonchev–Trinajstić information content (AvgIpc) is 2.28. The molecule has 0 saturated carbocycles. The van der Waals surface area contributed by atoms with E-state index in [2.05, 4.69) is 30.6 Å². The van der Waals surface area contributed by atoms with E-state index < -0.39 is 0 Å². The van der Waals surface area contributed by atoms with Gasteiger partial charge in [0.2, 0.25) is 0 Å². The molecule has 3 atom stereocenters. The molecule has 2 aliphatic heterocycles. The number of piperazine rings is 1. The molecule has 2 rings (SSSR count). The largest absolute Gasteiger partial charge is 0.378 e. The monoisotopic (exact) mass is 212 g/mol. The Morgan fingerprint density at radius 1 is 1.40 bits per heavy atom. The summed E-state index contributed by atoms with van der Waals surface area (Å²) < 4.78 is 5.58. The summed E-state index contributed by atoms with van der Waals surface area (Å²) in [6.07, 6.45) is 1.25. The van der Waals surface area contributed by atoms with Crippen molar-refractivity contribution in [3.8, 4) is 0 Å². The van der Waals surface area contributed by atoms with E-state index in [1.165, 1.54) is 19.5 Å². The Morgan fingerprint density at radius 3 is 2.93 bits per heavy atom. The van der Waals surface area contributed by atoms with Crippen molar-refractivity contribution in [2.24, 2.45) is 0 Å². The summed E-state index contributed by atoms with van der Waals surface area (Å²) in [5.41, 5.74) is 0. The van der Waals surface area contributed by atoms with Crippen LogP contribution in [0.15, 0.2) is 0 Å². The molecule has 0 aliphatic carbocycles. The van der Waals surface area contributed by atoms with Crippen molar-refractivity contribution in [1.29, 1.82) is 0 Å². The number of rotatable bonds is 2. The molecule has 0 amide bonds. The maximum atomic E-state index is 5.58. The van der Waals surface area contributed by atoms with Gasteiger partial charge in [0.05, 0.1) is 13.2 Å². The fourth-order valence-corrected chi connectivity index (χ4v) is 2.81. The molecule has 0 bridgehead atoms. The summed E-state index contributed by atoms with van der Waals surface area (Å²) in [5.74, 6) is 0. The highest BCUT2D eigenvalue weighted by Crippen LogP contribution is 2.21. The van der Waals surface area contributed by atoms with Gasteiger partial charge in [-0.2, -0.15) is 0 Å². The van der Waals surface area contributed by atoms with E-state index in [1.54, 1.807) is 0 Å². The van der Waals surface area contributed by atoms with Crippen LogP contribution < -0.4 is 0 Å². The average molecular weight is 212 g/mol. The van der Waals surface area contributed by atoms with Gasteiger partial charge in [0, 0.05) is 37.8 Å². The number of ether oxygens (including phenoxy) is 1. The lowest BCUT2D eigenvalue weighted by molar-refractivity contribution is -0.0753. The first-order chi connectivity index (χ1) is 7.22. The molecule has 88 valence electrons. The second kappa shape index (κ2) is 4.81. The third kappa shape index (κ3) is 2.35. The van der Waals surface area contributed by atoms with Gasteiger partial charge in [0.1, 0.15) is 0 Å². The van der Waals surface area contributed by atoms with Crippen molar-refractivity contribution in [3.63, 3.8) is 0 Å². The molecule has 0 spiro atoms. The normalized spacial score (nSPS) is 36.2.